The van der Waals surface area contributed by atoms with Crippen molar-refractivity contribution < 1.29 is 4.42 Å². The Balaban J connectivity index is 2.27. The zero-order valence-electron chi connectivity index (χ0n) is 9.96. The van der Waals surface area contributed by atoms with E-state index in [4.69, 9.17) is 16.0 Å². The second-order valence-corrected chi connectivity index (χ2v) is 4.24. The Morgan fingerprint density at radius 2 is 2.24 bits per heavy atom. The Bertz CT molecular complexity index is 508. The van der Waals surface area contributed by atoms with Crippen molar-refractivity contribution >= 4 is 11.6 Å². The van der Waals surface area contributed by atoms with Gasteiger partial charge in [0.2, 0.25) is 5.89 Å². The Hall–Kier alpha value is -1.32. The first-order valence-corrected chi connectivity index (χ1v) is 6.00. The summed E-state index contributed by atoms with van der Waals surface area (Å²) >= 11 is 6.23. The van der Waals surface area contributed by atoms with Gasteiger partial charge in [0, 0.05) is 6.54 Å². The topological polar surface area (TPSA) is 38.1 Å². The third-order valence-electron chi connectivity index (χ3n) is 2.53. The maximum atomic E-state index is 6.23. The fraction of sp³-hybridized carbons (Fsp3) is 0.308. The van der Waals surface area contributed by atoms with Gasteiger partial charge in [-0.15, -0.1) is 0 Å². The molecular formula is C13H15ClN2O. The highest BCUT2D eigenvalue weighted by Gasteiger charge is 2.11. The largest absolute Gasteiger partial charge is 0.444 e. The first kappa shape index (κ1) is 12.1. The van der Waals surface area contributed by atoms with Crippen molar-refractivity contribution in [1.29, 1.82) is 0 Å². The zero-order valence-corrected chi connectivity index (χ0v) is 10.7. The second-order valence-electron chi connectivity index (χ2n) is 3.86. The third-order valence-corrected chi connectivity index (χ3v) is 3.03. The summed E-state index contributed by atoms with van der Waals surface area (Å²) in [5.74, 6) is 0.576. The van der Waals surface area contributed by atoms with E-state index in [9.17, 15) is 0 Å². The van der Waals surface area contributed by atoms with Gasteiger partial charge in [-0.05, 0) is 25.1 Å². The summed E-state index contributed by atoms with van der Waals surface area (Å²) in [4.78, 5) is 4.41. The maximum Gasteiger partial charge on any atom is 0.227 e. The summed E-state index contributed by atoms with van der Waals surface area (Å²) in [5.41, 5.74) is 2.75. The van der Waals surface area contributed by atoms with E-state index in [-0.39, 0.29) is 0 Å². The summed E-state index contributed by atoms with van der Waals surface area (Å²) in [6.07, 6.45) is 1.66. The molecule has 0 spiro atoms. The molecule has 0 amide bonds. The molecule has 0 saturated carbocycles. The fourth-order valence-corrected chi connectivity index (χ4v) is 1.78. The smallest absolute Gasteiger partial charge is 0.227 e. The van der Waals surface area contributed by atoms with E-state index < -0.39 is 0 Å². The molecule has 0 aliphatic heterocycles. The van der Waals surface area contributed by atoms with E-state index in [1.807, 2.05) is 25.1 Å². The molecule has 0 unspecified atom stereocenters. The minimum Gasteiger partial charge on any atom is -0.444 e. The second kappa shape index (κ2) is 5.34. The molecule has 0 radical (unpaired) electrons. The molecule has 0 aliphatic rings. The minimum atomic E-state index is 0.576. The van der Waals surface area contributed by atoms with Gasteiger partial charge in [-0.1, -0.05) is 30.7 Å². The predicted molar refractivity (Wildman–Crippen MR) is 69.1 cm³/mol. The highest BCUT2D eigenvalue weighted by atomic mass is 35.5. The molecule has 0 aliphatic carbocycles. The number of benzene rings is 1. The van der Waals surface area contributed by atoms with Crippen molar-refractivity contribution in [1.82, 2.24) is 10.3 Å². The average molecular weight is 251 g/mol. The van der Waals surface area contributed by atoms with E-state index in [0.29, 0.717) is 17.5 Å². The van der Waals surface area contributed by atoms with Crippen molar-refractivity contribution in [2.75, 3.05) is 6.54 Å². The van der Waals surface area contributed by atoms with Crippen LogP contribution < -0.4 is 5.32 Å². The number of oxazole rings is 1. The van der Waals surface area contributed by atoms with Crippen LogP contribution in [0.15, 0.2) is 28.9 Å². The first-order valence-electron chi connectivity index (χ1n) is 5.63. The third kappa shape index (κ3) is 2.68. The molecule has 1 aromatic carbocycles. The molecule has 0 atom stereocenters. The molecule has 2 aromatic rings. The van der Waals surface area contributed by atoms with Gasteiger partial charge >= 0.3 is 0 Å². The van der Waals surface area contributed by atoms with Crippen LogP contribution in [0.25, 0.3) is 11.5 Å². The average Bonchev–Trinajstić information content (AvgIpc) is 2.78. The Kier molecular flexibility index (Phi) is 3.82. The molecule has 1 aromatic heterocycles. The predicted octanol–water partition coefficient (Wildman–Crippen LogP) is 3.41. The number of hydrogen-bond acceptors (Lipinski definition) is 3. The highest BCUT2D eigenvalue weighted by Crippen LogP contribution is 2.29. The SMILES string of the molecule is CCNCc1coc(-c2cccc(C)c2Cl)n1. The van der Waals surface area contributed by atoms with Gasteiger partial charge in [-0.25, -0.2) is 4.98 Å². The Morgan fingerprint density at radius 3 is 3.00 bits per heavy atom. The molecule has 17 heavy (non-hydrogen) atoms. The maximum absolute atomic E-state index is 6.23. The number of nitrogens with zero attached hydrogens (tertiary/aromatic N) is 1. The van der Waals surface area contributed by atoms with Crippen LogP contribution in [0.3, 0.4) is 0 Å². The molecule has 1 N–H and O–H groups in total. The molecule has 1 heterocycles. The van der Waals surface area contributed by atoms with Crippen LogP contribution in [-0.4, -0.2) is 11.5 Å². The Morgan fingerprint density at radius 1 is 1.41 bits per heavy atom. The van der Waals surface area contributed by atoms with Gasteiger partial charge in [0.25, 0.3) is 0 Å². The van der Waals surface area contributed by atoms with Crippen molar-refractivity contribution in [3.05, 3.63) is 40.7 Å². The van der Waals surface area contributed by atoms with Gasteiger partial charge in [-0.2, -0.15) is 0 Å². The van der Waals surface area contributed by atoms with E-state index in [0.717, 1.165) is 23.4 Å². The number of nitrogens with one attached hydrogen (secondary N) is 1. The Labute approximate surface area is 106 Å². The molecule has 0 saturated heterocycles. The number of aryl methyl sites for hydroxylation is 1. The van der Waals surface area contributed by atoms with Crippen LogP contribution in [0.1, 0.15) is 18.2 Å². The summed E-state index contributed by atoms with van der Waals surface area (Å²) in [7, 11) is 0. The van der Waals surface area contributed by atoms with Crippen LogP contribution in [-0.2, 0) is 6.54 Å². The van der Waals surface area contributed by atoms with E-state index in [2.05, 4.69) is 17.2 Å². The standard InChI is InChI=1S/C13H15ClN2O/c1-3-15-7-10-8-17-13(16-10)11-6-4-5-9(2)12(11)14/h4-6,8,15H,3,7H2,1-2H3. The lowest BCUT2D eigenvalue weighted by atomic mass is 10.1. The van der Waals surface area contributed by atoms with Crippen molar-refractivity contribution in [3.63, 3.8) is 0 Å². The lowest BCUT2D eigenvalue weighted by Gasteiger charge is -2.02. The van der Waals surface area contributed by atoms with Crippen LogP contribution in [0.2, 0.25) is 5.02 Å². The summed E-state index contributed by atoms with van der Waals surface area (Å²) in [5, 5.41) is 3.90. The van der Waals surface area contributed by atoms with Crippen molar-refractivity contribution in [2.45, 2.75) is 20.4 Å². The van der Waals surface area contributed by atoms with E-state index >= 15 is 0 Å². The van der Waals surface area contributed by atoms with Crippen molar-refractivity contribution in [2.24, 2.45) is 0 Å². The number of aromatic nitrogens is 1. The van der Waals surface area contributed by atoms with Crippen LogP contribution in [0.5, 0.6) is 0 Å². The van der Waals surface area contributed by atoms with E-state index in [1.165, 1.54) is 0 Å². The highest BCUT2D eigenvalue weighted by molar-refractivity contribution is 6.33. The summed E-state index contributed by atoms with van der Waals surface area (Å²) in [6, 6.07) is 5.83. The van der Waals surface area contributed by atoms with Crippen LogP contribution in [0, 0.1) is 6.92 Å². The normalized spacial score (nSPS) is 10.8. The quantitative estimate of drug-likeness (QED) is 0.904. The minimum absolute atomic E-state index is 0.576. The molecule has 3 nitrogen and oxygen atoms in total. The lowest BCUT2D eigenvalue weighted by Crippen LogP contribution is -2.11. The van der Waals surface area contributed by atoms with Gasteiger partial charge in [0.15, 0.2) is 0 Å². The molecular weight excluding hydrogens is 236 g/mol. The van der Waals surface area contributed by atoms with Gasteiger partial charge in [0.05, 0.1) is 16.3 Å². The molecule has 2 rings (SSSR count). The monoisotopic (exact) mass is 250 g/mol. The number of halogens is 1. The van der Waals surface area contributed by atoms with Crippen molar-refractivity contribution in [3.8, 4) is 11.5 Å². The fourth-order valence-electron chi connectivity index (χ4n) is 1.58. The van der Waals surface area contributed by atoms with Gasteiger partial charge in [-0.3, -0.25) is 0 Å². The molecule has 0 fully saturated rings. The van der Waals surface area contributed by atoms with E-state index in [1.54, 1.807) is 6.26 Å². The van der Waals surface area contributed by atoms with Gasteiger partial charge < -0.3 is 9.73 Å². The molecule has 0 bridgehead atoms. The van der Waals surface area contributed by atoms with Crippen LogP contribution >= 0.6 is 11.6 Å². The first-order chi connectivity index (χ1) is 8.22. The molecule has 90 valence electrons. The molecule has 4 heteroatoms. The lowest BCUT2D eigenvalue weighted by molar-refractivity contribution is 0.570. The summed E-state index contributed by atoms with van der Waals surface area (Å²) < 4.78 is 5.45. The van der Waals surface area contributed by atoms with Crippen LogP contribution in [0.4, 0.5) is 0 Å². The number of hydrogen-bond donors (Lipinski definition) is 1. The number of rotatable bonds is 4. The zero-order chi connectivity index (χ0) is 12.3. The van der Waals surface area contributed by atoms with Gasteiger partial charge in [0.1, 0.15) is 6.26 Å². The summed E-state index contributed by atoms with van der Waals surface area (Å²) in [6.45, 7) is 5.64.